The van der Waals surface area contributed by atoms with Crippen molar-refractivity contribution in [2.45, 2.75) is 56.5 Å². The molecule has 0 N–H and O–H groups in total. The summed E-state index contributed by atoms with van der Waals surface area (Å²) < 4.78 is 15.4. The van der Waals surface area contributed by atoms with Crippen LogP contribution < -0.4 is 0 Å². The van der Waals surface area contributed by atoms with E-state index in [1.165, 1.54) is 12.2 Å². The van der Waals surface area contributed by atoms with E-state index in [-0.39, 0.29) is 53.0 Å². The van der Waals surface area contributed by atoms with Gasteiger partial charge in [0.2, 0.25) is 0 Å². The number of fused-ring (bicyclic) bond motifs is 5. The molecule has 6 heteroatoms. The van der Waals surface area contributed by atoms with Crippen molar-refractivity contribution in [3.8, 4) is 0 Å². The fraction of sp³-hybridized carbons (Fsp3) is 0.727. The lowest BCUT2D eigenvalue weighted by atomic mass is 9.46. The predicted octanol–water partition coefficient (Wildman–Crippen LogP) is 5.49. The van der Waals surface area contributed by atoms with Gasteiger partial charge < -0.3 is 0 Å². The molecule has 28 heavy (non-hydrogen) atoms. The number of ketones is 2. The first-order valence-electron chi connectivity index (χ1n) is 10.0. The third-order valence-electron chi connectivity index (χ3n) is 8.40. The molecule has 3 fully saturated rings. The van der Waals surface area contributed by atoms with Gasteiger partial charge in [-0.2, -0.15) is 0 Å². The van der Waals surface area contributed by atoms with Crippen LogP contribution in [-0.4, -0.2) is 33.9 Å². The quantitative estimate of drug-likeness (QED) is 0.524. The number of hydrogen-bond donors (Lipinski definition) is 0. The molecule has 9 atom stereocenters. The van der Waals surface area contributed by atoms with E-state index >= 15 is 4.39 Å². The molecule has 4 rings (SSSR count). The van der Waals surface area contributed by atoms with Crippen molar-refractivity contribution >= 4 is 46.4 Å². The van der Waals surface area contributed by atoms with Gasteiger partial charge in [-0.1, -0.05) is 26.8 Å². The van der Waals surface area contributed by atoms with Gasteiger partial charge in [0.25, 0.3) is 0 Å². The van der Waals surface area contributed by atoms with Crippen LogP contribution in [-0.2, 0) is 9.59 Å². The van der Waals surface area contributed by atoms with Crippen molar-refractivity contribution in [3.63, 3.8) is 0 Å². The van der Waals surface area contributed by atoms with E-state index in [2.05, 4.69) is 13.8 Å². The number of carbonyl (C=O) groups excluding carboxylic acids is 2. The Morgan fingerprint density at radius 2 is 1.96 bits per heavy atom. The van der Waals surface area contributed by atoms with Crippen LogP contribution in [0.2, 0.25) is 0 Å². The smallest absolute Gasteiger partial charge is 0.178 e. The maximum atomic E-state index is 15.4. The first-order valence-corrected chi connectivity index (χ1v) is 11.4. The largest absolute Gasteiger partial charge is 0.298 e. The molecule has 4 aliphatic rings. The number of hydrogen-bond acceptors (Lipinski definition) is 2. The highest BCUT2D eigenvalue weighted by Gasteiger charge is 2.71. The van der Waals surface area contributed by atoms with Gasteiger partial charge in [-0.05, 0) is 60.2 Å². The number of rotatable bonds is 2. The van der Waals surface area contributed by atoms with E-state index in [4.69, 9.17) is 34.8 Å². The summed E-state index contributed by atoms with van der Waals surface area (Å²) in [5, 5.41) is -0.449. The van der Waals surface area contributed by atoms with Gasteiger partial charge in [-0.25, -0.2) is 4.39 Å². The molecule has 2 nitrogen and oxygen atoms in total. The first kappa shape index (κ1) is 20.9. The van der Waals surface area contributed by atoms with Gasteiger partial charge >= 0.3 is 0 Å². The van der Waals surface area contributed by atoms with E-state index < -0.39 is 21.8 Å². The first-order chi connectivity index (χ1) is 13.0. The Hall–Kier alpha value is -0.380. The molecule has 0 amide bonds. The van der Waals surface area contributed by atoms with Crippen LogP contribution in [0.1, 0.15) is 40.0 Å². The molecule has 0 aromatic heterocycles. The lowest BCUT2D eigenvalue weighted by Gasteiger charge is -2.63. The van der Waals surface area contributed by atoms with Crippen molar-refractivity contribution in [1.29, 1.82) is 0 Å². The maximum absolute atomic E-state index is 15.4. The van der Waals surface area contributed by atoms with Crippen molar-refractivity contribution in [2.24, 2.45) is 34.5 Å². The Morgan fingerprint density at radius 3 is 2.61 bits per heavy atom. The molecule has 3 saturated carbocycles. The lowest BCUT2D eigenvalue weighted by Crippen LogP contribution is -2.66. The van der Waals surface area contributed by atoms with Gasteiger partial charge in [0, 0.05) is 11.3 Å². The number of halogens is 4. The number of Topliss-reactive ketones (excluding diaryl/α,β-unsaturated/α-hetero) is 1. The van der Waals surface area contributed by atoms with Crippen molar-refractivity contribution in [3.05, 3.63) is 23.8 Å². The summed E-state index contributed by atoms with van der Waals surface area (Å²) in [4.78, 5) is 23.7. The van der Waals surface area contributed by atoms with Crippen LogP contribution in [0.5, 0.6) is 0 Å². The monoisotopic (exact) mass is 446 g/mol. The highest BCUT2D eigenvalue weighted by Crippen LogP contribution is 2.71. The molecule has 0 saturated heterocycles. The molecule has 0 heterocycles. The third kappa shape index (κ3) is 2.45. The zero-order valence-corrected chi connectivity index (χ0v) is 18.6. The fourth-order valence-electron chi connectivity index (χ4n) is 7.27. The summed E-state index contributed by atoms with van der Waals surface area (Å²) in [6.45, 7) is 6.11. The highest BCUT2D eigenvalue weighted by atomic mass is 35.5. The van der Waals surface area contributed by atoms with Crippen LogP contribution in [0.15, 0.2) is 23.8 Å². The SMILES string of the molecule is C[C@@H]1C[C@H]2[C@@H]3C[C@H](F)C4=CC(=O)C=C[C@]4(C)[C@@]3(Cl)[C@@H](Cl)C[C@]2(C)[C@H]1C(=O)CCl. The van der Waals surface area contributed by atoms with Crippen molar-refractivity contribution < 1.29 is 14.0 Å². The van der Waals surface area contributed by atoms with Crippen LogP contribution in [0.25, 0.3) is 0 Å². The van der Waals surface area contributed by atoms with Crippen LogP contribution in [0, 0.1) is 34.5 Å². The Balaban J connectivity index is 1.84. The van der Waals surface area contributed by atoms with Crippen LogP contribution in [0.3, 0.4) is 0 Å². The predicted molar refractivity (Wildman–Crippen MR) is 111 cm³/mol. The normalized spacial score (nSPS) is 52.5. The minimum absolute atomic E-state index is 0.0118. The van der Waals surface area contributed by atoms with E-state index in [0.717, 1.165) is 6.42 Å². The average molecular weight is 448 g/mol. The fourth-order valence-corrected chi connectivity index (χ4v) is 8.65. The van der Waals surface area contributed by atoms with Crippen LogP contribution in [0.4, 0.5) is 4.39 Å². The average Bonchev–Trinajstić information content (AvgIpc) is 2.89. The van der Waals surface area contributed by atoms with E-state index in [1.807, 2.05) is 6.92 Å². The maximum Gasteiger partial charge on any atom is 0.178 e. The number of alkyl halides is 4. The Bertz CT molecular complexity index is 795. The van der Waals surface area contributed by atoms with E-state index in [1.54, 1.807) is 6.08 Å². The summed E-state index contributed by atoms with van der Waals surface area (Å²) in [5.74, 6) is -0.271. The molecule has 0 aromatic rings. The molecule has 0 radical (unpaired) electrons. The minimum Gasteiger partial charge on any atom is -0.298 e. The molecule has 4 aliphatic carbocycles. The summed E-state index contributed by atoms with van der Waals surface area (Å²) in [6.07, 6.45) is 5.05. The highest BCUT2D eigenvalue weighted by molar-refractivity contribution is 6.34. The second-order valence-electron chi connectivity index (χ2n) is 9.69. The molecule has 0 aliphatic heterocycles. The van der Waals surface area contributed by atoms with Crippen LogP contribution >= 0.6 is 34.8 Å². The number of carbonyl (C=O) groups is 2. The van der Waals surface area contributed by atoms with E-state index in [0.29, 0.717) is 12.0 Å². The molecular weight excluding hydrogens is 422 g/mol. The second-order valence-corrected chi connectivity index (χ2v) is 11.1. The molecule has 0 unspecified atom stereocenters. The Kier molecular flexibility index (Phi) is 4.89. The van der Waals surface area contributed by atoms with Gasteiger partial charge in [0.1, 0.15) is 6.17 Å². The summed E-state index contributed by atoms with van der Waals surface area (Å²) in [5.41, 5.74) is -0.720. The summed E-state index contributed by atoms with van der Waals surface area (Å²) in [7, 11) is 0. The number of allylic oxidation sites excluding steroid dienone is 4. The van der Waals surface area contributed by atoms with Gasteiger partial charge in [0.15, 0.2) is 11.6 Å². The van der Waals surface area contributed by atoms with Gasteiger partial charge in [0.05, 0.1) is 16.1 Å². The molecule has 0 aromatic carbocycles. The van der Waals surface area contributed by atoms with E-state index in [9.17, 15) is 9.59 Å². The second kappa shape index (κ2) is 6.56. The third-order valence-corrected chi connectivity index (χ3v) is 10.2. The molecule has 0 bridgehead atoms. The molecule has 154 valence electrons. The lowest BCUT2D eigenvalue weighted by molar-refractivity contribution is -0.127. The summed E-state index contributed by atoms with van der Waals surface area (Å²) in [6, 6.07) is 0. The minimum atomic E-state index is -1.24. The zero-order chi connectivity index (χ0) is 20.6. The standard InChI is InChI=1S/C22H26Cl3FO2/c1-11-6-13-14-8-16(26)15-7-12(27)4-5-21(15,3)22(14,25)18(24)9-20(13,2)19(11)17(28)10-23/h4-5,7,11,13-14,16,18-19H,6,8-10H2,1-3H3/t11-,13+,14+,16+,18+,19-,20+,21+,22+/m1/s1. The topological polar surface area (TPSA) is 34.1 Å². The van der Waals surface area contributed by atoms with Crippen molar-refractivity contribution in [2.75, 3.05) is 5.88 Å². The zero-order valence-electron chi connectivity index (χ0n) is 16.4. The Labute approximate surface area is 180 Å². The Morgan fingerprint density at radius 1 is 1.29 bits per heavy atom. The molecule has 0 spiro atoms. The summed E-state index contributed by atoms with van der Waals surface area (Å²) >= 11 is 20.3. The van der Waals surface area contributed by atoms with Gasteiger partial charge in [-0.15, -0.1) is 34.8 Å². The van der Waals surface area contributed by atoms with Crippen molar-refractivity contribution in [1.82, 2.24) is 0 Å². The van der Waals surface area contributed by atoms with Gasteiger partial charge in [-0.3, -0.25) is 9.59 Å². The molecular formula is C22H26Cl3FO2.